The fraction of sp³-hybridized carbons (Fsp3) is 0.333. The molecule has 4 nitrogen and oxygen atoms in total. The van der Waals surface area contributed by atoms with Crippen molar-refractivity contribution in [1.29, 1.82) is 0 Å². The normalized spacial score (nSPS) is 10.4. The molecule has 0 fully saturated rings. The molecule has 0 bridgehead atoms. The van der Waals surface area contributed by atoms with Gasteiger partial charge in [-0.05, 0) is 31.9 Å². The van der Waals surface area contributed by atoms with Crippen LogP contribution in [0.15, 0.2) is 24.5 Å². The number of anilines is 1. The molecular formula is C15H18FN3O. The minimum Gasteiger partial charge on any atom is -0.435 e. The fourth-order valence-corrected chi connectivity index (χ4v) is 1.93. The lowest BCUT2D eigenvalue weighted by Crippen LogP contribution is -2.06. The number of ether oxygens (including phenoxy) is 1. The van der Waals surface area contributed by atoms with E-state index in [0.717, 1.165) is 17.9 Å². The number of nitrogens with zero attached hydrogens (tertiary/aromatic N) is 2. The van der Waals surface area contributed by atoms with Gasteiger partial charge in [-0.1, -0.05) is 19.1 Å². The summed E-state index contributed by atoms with van der Waals surface area (Å²) < 4.78 is 19.6. The highest BCUT2D eigenvalue weighted by Crippen LogP contribution is 2.29. The minimum absolute atomic E-state index is 0.181. The standard InChI is InChI=1S/C15H18FN3O/c1-4-11-14(17-5-2)18-9-19-15(11)20-12-8-6-7-10(3)13(12)16/h6-9H,4-5H2,1-3H3,(H,17,18,19). The van der Waals surface area contributed by atoms with Crippen LogP contribution in [0.25, 0.3) is 0 Å². The molecule has 20 heavy (non-hydrogen) atoms. The van der Waals surface area contributed by atoms with Gasteiger partial charge in [-0.3, -0.25) is 0 Å². The first kappa shape index (κ1) is 14.2. The molecule has 0 saturated heterocycles. The smallest absolute Gasteiger partial charge is 0.227 e. The van der Waals surface area contributed by atoms with Gasteiger partial charge in [-0.15, -0.1) is 0 Å². The van der Waals surface area contributed by atoms with Crippen molar-refractivity contribution >= 4 is 5.82 Å². The third-order valence-corrected chi connectivity index (χ3v) is 2.97. The Hall–Kier alpha value is -2.17. The molecule has 5 heteroatoms. The molecule has 0 radical (unpaired) electrons. The second-order valence-corrected chi connectivity index (χ2v) is 4.38. The monoisotopic (exact) mass is 275 g/mol. The maximum atomic E-state index is 14.0. The predicted molar refractivity (Wildman–Crippen MR) is 76.8 cm³/mol. The number of halogens is 1. The van der Waals surface area contributed by atoms with Gasteiger partial charge in [0, 0.05) is 6.54 Å². The van der Waals surface area contributed by atoms with E-state index in [1.165, 1.54) is 6.33 Å². The first-order valence-electron chi connectivity index (χ1n) is 6.68. The highest BCUT2D eigenvalue weighted by molar-refractivity contribution is 5.49. The van der Waals surface area contributed by atoms with Gasteiger partial charge < -0.3 is 10.1 Å². The van der Waals surface area contributed by atoms with Crippen LogP contribution in [0, 0.1) is 12.7 Å². The largest absolute Gasteiger partial charge is 0.435 e. The molecule has 0 aliphatic heterocycles. The van der Waals surface area contributed by atoms with Crippen molar-refractivity contribution in [2.45, 2.75) is 27.2 Å². The van der Waals surface area contributed by atoms with Crippen molar-refractivity contribution in [2.24, 2.45) is 0 Å². The molecular weight excluding hydrogens is 257 g/mol. The van der Waals surface area contributed by atoms with E-state index < -0.39 is 0 Å². The Bertz CT molecular complexity index is 602. The molecule has 1 N–H and O–H groups in total. The summed E-state index contributed by atoms with van der Waals surface area (Å²) in [6.45, 7) is 6.43. The molecule has 0 spiro atoms. The Balaban J connectivity index is 2.38. The molecule has 1 heterocycles. The average molecular weight is 275 g/mol. The molecule has 0 amide bonds. The van der Waals surface area contributed by atoms with Gasteiger partial charge in [0.25, 0.3) is 0 Å². The average Bonchev–Trinajstić information content (AvgIpc) is 2.44. The van der Waals surface area contributed by atoms with E-state index in [2.05, 4.69) is 15.3 Å². The topological polar surface area (TPSA) is 47.0 Å². The van der Waals surface area contributed by atoms with E-state index in [1.54, 1.807) is 25.1 Å². The minimum atomic E-state index is -0.363. The Morgan fingerprint density at radius 2 is 2.05 bits per heavy atom. The molecule has 0 aliphatic rings. The summed E-state index contributed by atoms with van der Waals surface area (Å²) in [5.74, 6) is 0.940. The first-order valence-corrected chi connectivity index (χ1v) is 6.68. The molecule has 1 aromatic carbocycles. The molecule has 0 unspecified atom stereocenters. The molecule has 0 aliphatic carbocycles. The number of benzene rings is 1. The Morgan fingerprint density at radius 1 is 1.25 bits per heavy atom. The van der Waals surface area contributed by atoms with Crippen LogP contribution in [0.2, 0.25) is 0 Å². The highest BCUT2D eigenvalue weighted by Gasteiger charge is 2.14. The summed E-state index contributed by atoms with van der Waals surface area (Å²) in [4.78, 5) is 8.30. The zero-order chi connectivity index (χ0) is 14.5. The van der Waals surface area contributed by atoms with Crippen molar-refractivity contribution in [3.8, 4) is 11.6 Å². The van der Waals surface area contributed by atoms with Crippen LogP contribution >= 0.6 is 0 Å². The van der Waals surface area contributed by atoms with E-state index in [1.807, 2.05) is 13.8 Å². The quantitative estimate of drug-likeness (QED) is 0.903. The molecule has 2 aromatic rings. The van der Waals surface area contributed by atoms with Crippen LogP contribution in [0.4, 0.5) is 10.2 Å². The van der Waals surface area contributed by atoms with E-state index in [9.17, 15) is 4.39 Å². The van der Waals surface area contributed by atoms with Crippen molar-refractivity contribution in [3.05, 3.63) is 41.5 Å². The van der Waals surface area contributed by atoms with Crippen LogP contribution in [0.5, 0.6) is 11.6 Å². The lowest BCUT2D eigenvalue weighted by atomic mass is 10.2. The second kappa shape index (κ2) is 6.32. The number of hydrogen-bond acceptors (Lipinski definition) is 4. The van der Waals surface area contributed by atoms with E-state index in [0.29, 0.717) is 17.9 Å². The van der Waals surface area contributed by atoms with Gasteiger partial charge in [0.1, 0.15) is 12.1 Å². The molecule has 2 rings (SSSR count). The number of hydrogen-bond donors (Lipinski definition) is 1. The number of rotatable bonds is 5. The van der Waals surface area contributed by atoms with Gasteiger partial charge in [0.15, 0.2) is 11.6 Å². The summed E-state index contributed by atoms with van der Waals surface area (Å²) in [7, 11) is 0. The summed E-state index contributed by atoms with van der Waals surface area (Å²) in [6.07, 6.45) is 2.12. The van der Waals surface area contributed by atoms with Gasteiger partial charge in [-0.25, -0.2) is 14.4 Å². The van der Waals surface area contributed by atoms with Crippen molar-refractivity contribution in [1.82, 2.24) is 9.97 Å². The van der Waals surface area contributed by atoms with Gasteiger partial charge >= 0.3 is 0 Å². The fourth-order valence-electron chi connectivity index (χ4n) is 1.93. The number of aryl methyl sites for hydroxylation is 1. The third kappa shape index (κ3) is 2.87. The van der Waals surface area contributed by atoms with Gasteiger partial charge in [-0.2, -0.15) is 0 Å². The van der Waals surface area contributed by atoms with E-state index in [4.69, 9.17) is 4.74 Å². The maximum Gasteiger partial charge on any atom is 0.227 e. The Kier molecular flexibility index (Phi) is 4.50. The summed E-state index contributed by atoms with van der Waals surface area (Å²) in [5.41, 5.74) is 1.39. The van der Waals surface area contributed by atoms with Crippen LogP contribution < -0.4 is 10.1 Å². The Labute approximate surface area is 118 Å². The van der Waals surface area contributed by atoms with Crippen LogP contribution in [-0.2, 0) is 6.42 Å². The van der Waals surface area contributed by atoms with Crippen molar-refractivity contribution in [3.63, 3.8) is 0 Å². The van der Waals surface area contributed by atoms with Gasteiger partial charge in [0.2, 0.25) is 5.88 Å². The SMILES string of the molecule is CCNc1ncnc(Oc2cccc(C)c2F)c1CC. The summed E-state index contributed by atoms with van der Waals surface area (Å²) >= 11 is 0. The molecule has 0 saturated carbocycles. The highest BCUT2D eigenvalue weighted by atomic mass is 19.1. The zero-order valence-corrected chi connectivity index (χ0v) is 11.9. The molecule has 1 aromatic heterocycles. The van der Waals surface area contributed by atoms with E-state index >= 15 is 0 Å². The third-order valence-electron chi connectivity index (χ3n) is 2.97. The van der Waals surface area contributed by atoms with Crippen molar-refractivity contribution in [2.75, 3.05) is 11.9 Å². The molecule has 106 valence electrons. The first-order chi connectivity index (χ1) is 9.67. The second-order valence-electron chi connectivity index (χ2n) is 4.38. The summed E-state index contributed by atoms with van der Waals surface area (Å²) in [5, 5.41) is 3.15. The maximum absolute atomic E-state index is 14.0. The van der Waals surface area contributed by atoms with Crippen LogP contribution in [-0.4, -0.2) is 16.5 Å². The van der Waals surface area contributed by atoms with Crippen LogP contribution in [0.1, 0.15) is 25.0 Å². The van der Waals surface area contributed by atoms with Gasteiger partial charge in [0.05, 0.1) is 5.56 Å². The zero-order valence-electron chi connectivity index (χ0n) is 11.9. The van der Waals surface area contributed by atoms with Crippen LogP contribution in [0.3, 0.4) is 0 Å². The molecule has 0 atom stereocenters. The number of aromatic nitrogens is 2. The predicted octanol–water partition coefficient (Wildman–Crippen LogP) is 3.71. The Morgan fingerprint density at radius 3 is 2.75 bits per heavy atom. The van der Waals surface area contributed by atoms with Crippen molar-refractivity contribution < 1.29 is 9.13 Å². The lowest BCUT2D eigenvalue weighted by molar-refractivity contribution is 0.420. The summed E-state index contributed by atoms with van der Waals surface area (Å²) in [6, 6.07) is 5.05. The van der Waals surface area contributed by atoms with E-state index in [-0.39, 0.29) is 11.6 Å². The lowest BCUT2D eigenvalue weighted by Gasteiger charge is -2.13. The number of nitrogens with one attached hydrogen (secondary N) is 1.